The smallest absolute Gasteiger partial charge is 0.311 e. The average molecular weight is 340 g/mol. The molecule has 0 amide bonds. The van der Waals surface area contributed by atoms with Crippen molar-refractivity contribution in [1.82, 2.24) is 5.32 Å². The van der Waals surface area contributed by atoms with E-state index in [1.54, 1.807) is 0 Å². The minimum absolute atomic E-state index is 0.102. The van der Waals surface area contributed by atoms with Gasteiger partial charge in [-0.3, -0.25) is 4.79 Å². The van der Waals surface area contributed by atoms with E-state index in [1.165, 1.54) is 11.1 Å². The minimum atomic E-state index is -0.432. The first-order valence-corrected chi connectivity index (χ1v) is 7.77. The van der Waals surface area contributed by atoms with Crippen molar-refractivity contribution in [1.29, 1.82) is 0 Å². The molecule has 1 heterocycles. The fourth-order valence-electron chi connectivity index (χ4n) is 2.69. The van der Waals surface area contributed by atoms with Crippen LogP contribution in [0.2, 0.25) is 0 Å². The molecule has 0 aromatic heterocycles. The third-order valence-corrected chi connectivity index (χ3v) is 4.05. The van der Waals surface area contributed by atoms with Crippen LogP contribution in [-0.4, -0.2) is 24.7 Å². The number of carbonyl (C=O) groups is 1. The Balaban J connectivity index is 2.21. The predicted molar refractivity (Wildman–Crippen MR) is 83.8 cm³/mol. The van der Waals surface area contributed by atoms with Crippen LogP contribution in [0, 0.1) is 12.8 Å². The minimum Gasteiger partial charge on any atom is -0.460 e. The van der Waals surface area contributed by atoms with Gasteiger partial charge in [0.25, 0.3) is 0 Å². The summed E-state index contributed by atoms with van der Waals surface area (Å²) in [6.07, 6.45) is 0. The van der Waals surface area contributed by atoms with Gasteiger partial charge in [0.2, 0.25) is 0 Å². The van der Waals surface area contributed by atoms with E-state index in [2.05, 4.69) is 40.3 Å². The zero-order valence-corrected chi connectivity index (χ0v) is 14.1. The fraction of sp³-hybridized carbons (Fsp3) is 0.562. The van der Waals surface area contributed by atoms with Crippen molar-refractivity contribution in [2.24, 2.45) is 5.92 Å². The van der Waals surface area contributed by atoms with Crippen molar-refractivity contribution in [2.45, 2.75) is 39.2 Å². The van der Waals surface area contributed by atoms with Gasteiger partial charge in [-0.1, -0.05) is 22.0 Å². The topological polar surface area (TPSA) is 38.3 Å². The average Bonchev–Trinajstić information content (AvgIpc) is 2.75. The summed E-state index contributed by atoms with van der Waals surface area (Å²) in [7, 11) is 0. The van der Waals surface area contributed by atoms with Crippen molar-refractivity contribution in [3.63, 3.8) is 0 Å². The van der Waals surface area contributed by atoms with Crippen LogP contribution in [0.15, 0.2) is 22.7 Å². The van der Waals surface area contributed by atoms with Gasteiger partial charge < -0.3 is 10.1 Å². The van der Waals surface area contributed by atoms with Gasteiger partial charge in [0, 0.05) is 23.5 Å². The number of rotatable bonds is 2. The molecule has 0 bridgehead atoms. The lowest BCUT2D eigenvalue weighted by atomic mass is 9.86. The molecule has 2 rings (SSSR count). The molecule has 1 N–H and O–H groups in total. The molecule has 110 valence electrons. The van der Waals surface area contributed by atoms with E-state index < -0.39 is 5.60 Å². The maximum absolute atomic E-state index is 12.4. The maximum atomic E-state index is 12.4. The van der Waals surface area contributed by atoms with Gasteiger partial charge in [0.15, 0.2) is 0 Å². The monoisotopic (exact) mass is 339 g/mol. The van der Waals surface area contributed by atoms with Gasteiger partial charge in [-0.05, 0) is 51.0 Å². The van der Waals surface area contributed by atoms with Gasteiger partial charge in [0.05, 0.1) is 5.92 Å². The highest BCUT2D eigenvalue weighted by Gasteiger charge is 2.37. The van der Waals surface area contributed by atoms with E-state index >= 15 is 0 Å². The van der Waals surface area contributed by atoms with Gasteiger partial charge in [-0.25, -0.2) is 0 Å². The highest BCUT2D eigenvalue weighted by molar-refractivity contribution is 9.10. The second kappa shape index (κ2) is 5.86. The van der Waals surface area contributed by atoms with E-state index in [-0.39, 0.29) is 17.8 Å². The Morgan fingerprint density at radius 1 is 1.35 bits per heavy atom. The Morgan fingerprint density at radius 2 is 2.05 bits per heavy atom. The summed E-state index contributed by atoms with van der Waals surface area (Å²) in [5.74, 6) is -0.0122. The van der Waals surface area contributed by atoms with Gasteiger partial charge >= 0.3 is 5.97 Å². The molecule has 3 nitrogen and oxygen atoms in total. The van der Waals surface area contributed by atoms with Crippen molar-refractivity contribution < 1.29 is 9.53 Å². The van der Waals surface area contributed by atoms with E-state index in [4.69, 9.17) is 4.74 Å². The first kappa shape index (κ1) is 15.5. The first-order valence-electron chi connectivity index (χ1n) is 6.97. The molecule has 1 fully saturated rings. The van der Waals surface area contributed by atoms with Crippen LogP contribution < -0.4 is 5.32 Å². The Bertz CT molecular complexity index is 508. The van der Waals surface area contributed by atoms with Crippen LogP contribution >= 0.6 is 15.9 Å². The lowest BCUT2D eigenvalue weighted by molar-refractivity contribution is -0.159. The van der Waals surface area contributed by atoms with E-state index in [1.807, 2.05) is 26.8 Å². The molecule has 4 heteroatoms. The third kappa shape index (κ3) is 3.61. The number of carbonyl (C=O) groups excluding carboxylic acids is 1. The zero-order chi connectivity index (χ0) is 14.9. The summed E-state index contributed by atoms with van der Waals surface area (Å²) in [4.78, 5) is 12.4. The quantitative estimate of drug-likeness (QED) is 0.839. The SMILES string of the molecule is Cc1cc(Br)ccc1[C@@H]1CNC[C@H]1C(=O)OC(C)(C)C. The molecule has 0 unspecified atom stereocenters. The largest absolute Gasteiger partial charge is 0.460 e. The van der Waals surface area contributed by atoms with Crippen molar-refractivity contribution in [3.05, 3.63) is 33.8 Å². The number of halogens is 1. The van der Waals surface area contributed by atoms with Crippen LogP contribution in [0.25, 0.3) is 0 Å². The Kier molecular flexibility index (Phi) is 4.55. The number of ether oxygens (including phenoxy) is 1. The first-order chi connectivity index (χ1) is 9.28. The highest BCUT2D eigenvalue weighted by Crippen LogP contribution is 2.33. The van der Waals surface area contributed by atoms with Crippen molar-refractivity contribution in [3.8, 4) is 0 Å². The van der Waals surface area contributed by atoms with E-state index in [9.17, 15) is 4.79 Å². The van der Waals surface area contributed by atoms with Crippen LogP contribution in [0.3, 0.4) is 0 Å². The Labute approximate surface area is 129 Å². The molecule has 1 aliphatic heterocycles. The summed E-state index contributed by atoms with van der Waals surface area (Å²) >= 11 is 3.48. The standard InChI is InChI=1S/C16H22BrNO2/c1-10-7-11(17)5-6-12(10)13-8-18-9-14(13)15(19)20-16(2,3)4/h5-7,13-14,18H,8-9H2,1-4H3/t13-,14+/m0/s1. The molecule has 0 spiro atoms. The number of hydrogen-bond donors (Lipinski definition) is 1. The molecular weight excluding hydrogens is 318 g/mol. The number of hydrogen-bond acceptors (Lipinski definition) is 3. The summed E-state index contributed by atoms with van der Waals surface area (Å²) in [5, 5.41) is 3.32. The van der Waals surface area contributed by atoms with Gasteiger partial charge in [0.1, 0.15) is 5.60 Å². The second-order valence-corrected chi connectivity index (χ2v) is 7.32. The number of benzene rings is 1. The summed E-state index contributed by atoms with van der Waals surface area (Å²) < 4.78 is 6.62. The molecule has 0 aliphatic carbocycles. The summed E-state index contributed by atoms with van der Waals surface area (Å²) in [5.41, 5.74) is 2.01. The van der Waals surface area contributed by atoms with E-state index in [0.717, 1.165) is 11.0 Å². The van der Waals surface area contributed by atoms with Crippen molar-refractivity contribution >= 4 is 21.9 Å². The number of aryl methyl sites for hydroxylation is 1. The molecular formula is C16H22BrNO2. The number of esters is 1. The normalized spacial score (nSPS) is 22.9. The molecule has 1 aromatic rings. The lowest BCUT2D eigenvalue weighted by Gasteiger charge is -2.25. The number of nitrogens with one attached hydrogen (secondary N) is 1. The van der Waals surface area contributed by atoms with Crippen LogP contribution in [0.4, 0.5) is 0 Å². The highest BCUT2D eigenvalue weighted by atomic mass is 79.9. The summed E-state index contributed by atoms with van der Waals surface area (Å²) in [6.45, 7) is 9.33. The fourth-order valence-corrected chi connectivity index (χ4v) is 3.16. The molecule has 1 aromatic carbocycles. The molecule has 20 heavy (non-hydrogen) atoms. The van der Waals surface area contributed by atoms with Gasteiger partial charge in [-0.2, -0.15) is 0 Å². The van der Waals surface area contributed by atoms with Crippen LogP contribution in [0.1, 0.15) is 37.8 Å². The molecule has 0 saturated carbocycles. The lowest BCUT2D eigenvalue weighted by Crippen LogP contribution is -2.31. The van der Waals surface area contributed by atoms with Crippen LogP contribution in [0.5, 0.6) is 0 Å². The summed E-state index contributed by atoms with van der Waals surface area (Å²) in [6, 6.07) is 6.24. The Hall–Kier alpha value is -0.870. The van der Waals surface area contributed by atoms with Crippen LogP contribution in [-0.2, 0) is 9.53 Å². The molecule has 0 radical (unpaired) electrons. The molecule has 1 aliphatic rings. The predicted octanol–water partition coefficient (Wildman–Crippen LogP) is 3.40. The molecule has 1 saturated heterocycles. The third-order valence-electron chi connectivity index (χ3n) is 3.56. The zero-order valence-electron chi connectivity index (χ0n) is 12.5. The Morgan fingerprint density at radius 3 is 2.65 bits per heavy atom. The maximum Gasteiger partial charge on any atom is 0.311 e. The van der Waals surface area contributed by atoms with Gasteiger partial charge in [-0.15, -0.1) is 0 Å². The molecule has 2 atom stereocenters. The second-order valence-electron chi connectivity index (χ2n) is 6.41. The van der Waals surface area contributed by atoms with E-state index in [0.29, 0.717) is 6.54 Å². The van der Waals surface area contributed by atoms with Crippen molar-refractivity contribution in [2.75, 3.05) is 13.1 Å².